The SMILES string of the molecule is CC.CNC(c1ccc(F)c(F)c1)C(F)(F)F. The second kappa shape index (κ2) is 6.54. The van der Waals surface area contributed by atoms with E-state index in [1.807, 2.05) is 19.2 Å². The fourth-order valence-electron chi connectivity index (χ4n) is 1.21. The van der Waals surface area contributed by atoms with Crippen molar-refractivity contribution < 1.29 is 22.0 Å². The highest BCUT2D eigenvalue weighted by atomic mass is 19.4. The molecule has 1 N–H and O–H groups in total. The van der Waals surface area contributed by atoms with E-state index in [-0.39, 0.29) is 5.56 Å². The average Bonchev–Trinajstić information content (AvgIpc) is 2.25. The van der Waals surface area contributed by atoms with Crippen molar-refractivity contribution in [1.82, 2.24) is 5.32 Å². The molecule has 1 rings (SSSR count). The van der Waals surface area contributed by atoms with Crippen LogP contribution in [-0.4, -0.2) is 13.2 Å². The summed E-state index contributed by atoms with van der Waals surface area (Å²) < 4.78 is 62.3. The minimum atomic E-state index is -4.54. The van der Waals surface area contributed by atoms with Crippen LogP contribution in [0.1, 0.15) is 25.5 Å². The first kappa shape index (κ1) is 15.8. The van der Waals surface area contributed by atoms with Gasteiger partial charge in [0.25, 0.3) is 0 Å². The third kappa shape index (κ3) is 4.30. The van der Waals surface area contributed by atoms with E-state index < -0.39 is 23.9 Å². The molecule has 1 unspecified atom stereocenters. The van der Waals surface area contributed by atoms with Gasteiger partial charge in [-0.15, -0.1) is 0 Å². The molecule has 0 spiro atoms. The van der Waals surface area contributed by atoms with Gasteiger partial charge in [0, 0.05) is 0 Å². The number of rotatable bonds is 2. The summed E-state index contributed by atoms with van der Waals surface area (Å²) in [5.74, 6) is -2.47. The Hall–Kier alpha value is -1.17. The molecule has 0 aromatic heterocycles. The van der Waals surface area contributed by atoms with Crippen molar-refractivity contribution in [3.05, 3.63) is 35.4 Å². The average molecular weight is 255 g/mol. The van der Waals surface area contributed by atoms with Crippen LogP contribution in [0.25, 0.3) is 0 Å². The van der Waals surface area contributed by atoms with Crippen molar-refractivity contribution in [3.8, 4) is 0 Å². The van der Waals surface area contributed by atoms with Crippen LogP contribution in [-0.2, 0) is 0 Å². The zero-order valence-corrected chi connectivity index (χ0v) is 9.70. The van der Waals surface area contributed by atoms with Crippen molar-refractivity contribution >= 4 is 0 Å². The molecule has 1 aromatic rings. The number of benzene rings is 1. The molecule has 0 aliphatic heterocycles. The van der Waals surface area contributed by atoms with Gasteiger partial charge in [-0.2, -0.15) is 13.2 Å². The van der Waals surface area contributed by atoms with E-state index in [1.165, 1.54) is 0 Å². The van der Waals surface area contributed by atoms with Crippen molar-refractivity contribution in [2.24, 2.45) is 0 Å². The lowest BCUT2D eigenvalue weighted by Crippen LogP contribution is -2.31. The Kier molecular flexibility index (Phi) is 6.09. The van der Waals surface area contributed by atoms with Gasteiger partial charge in [0.05, 0.1) is 0 Å². The minimum Gasteiger partial charge on any atom is -0.306 e. The zero-order chi connectivity index (χ0) is 13.6. The van der Waals surface area contributed by atoms with Crippen molar-refractivity contribution in [2.45, 2.75) is 26.1 Å². The van der Waals surface area contributed by atoms with Crippen LogP contribution in [0.15, 0.2) is 18.2 Å². The summed E-state index contributed by atoms with van der Waals surface area (Å²) in [7, 11) is 1.10. The van der Waals surface area contributed by atoms with E-state index >= 15 is 0 Å². The standard InChI is InChI=1S/C9H8F5N.C2H6/c1-15-8(9(12,13)14)5-2-3-6(10)7(11)4-5;1-2/h2-4,8,15H,1H3;1-2H3. The van der Waals surface area contributed by atoms with Crippen molar-refractivity contribution in [1.29, 1.82) is 0 Å². The number of nitrogens with one attached hydrogen (secondary N) is 1. The summed E-state index contributed by atoms with van der Waals surface area (Å²) >= 11 is 0. The molecule has 98 valence electrons. The lowest BCUT2D eigenvalue weighted by Gasteiger charge is -2.19. The summed E-state index contributed by atoms with van der Waals surface area (Å²) in [6, 6.07) is 0.102. The highest BCUT2D eigenvalue weighted by molar-refractivity contribution is 5.22. The monoisotopic (exact) mass is 255 g/mol. The fraction of sp³-hybridized carbons (Fsp3) is 0.455. The Balaban J connectivity index is 0.00000121. The highest BCUT2D eigenvalue weighted by Crippen LogP contribution is 2.32. The Bertz CT molecular complexity index is 348. The van der Waals surface area contributed by atoms with Gasteiger partial charge in [-0.3, -0.25) is 0 Å². The van der Waals surface area contributed by atoms with E-state index in [9.17, 15) is 22.0 Å². The zero-order valence-electron chi connectivity index (χ0n) is 9.70. The number of hydrogen-bond acceptors (Lipinski definition) is 1. The van der Waals surface area contributed by atoms with Crippen molar-refractivity contribution in [3.63, 3.8) is 0 Å². The molecule has 1 aromatic carbocycles. The molecule has 6 heteroatoms. The third-order valence-corrected chi connectivity index (χ3v) is 1.89. The maximum absolute atomic E-state index is 12.7. The van der Waals surface area contributed by atoms with Gasteiger partial charge in [0.1, 0.15) is 6.04 Å². The maximum Gasteiger partial charge on any atom is 0.407 e. The quantitative estimate of drug-likeness (QED) is 0.792. The Morgan fingerprint density at radius 1 is 1.06 bits per heavy atom. The highest BCUT2D eigenvalue weighted by Gasteiger charge is 2.39. The minimum absolute atomic E-state index is 0.357. The molecular formula is C11H14F5N. The molecule has 0 aliphatic rings. The normalized spacial score (nSPS) is 12.7. The number of alkyl halides is 3. The topological polar surface area (TPSA) is 12.0 Å². The van der Waals surface area contributed by atoms with Crippen molar-refractivity contribution in [2.75, 3.05) is 7.05 Å². The third-order valence-electron chi connectivity index (χ3n) is 1.89. The molecule has 17 heavy (non-hydrogen) atoms. The van der Waals surface area contributed by atoms with Gasteiger partial charge < -0.3 is 5.32 Å². The first-order valence-corrected chi connectivity index (χ1v) is 5.05. The summed E-state index contributed by atoms with van der Waals surface area (Å²) in [5.41, 5.74) is -0.357. The molecule has 0 radical (unpaired) electrons. The molecule has 0 aliphatic carbocycles. The van der Waals surface area contributed by atoms with Crippen LogP contribution in [0.5, 0.6) is 0 Å². The summed E-state index contributed by atoms with van der Waals surface area (Å²) in [4.78, 5) is 0. The Morgan fingerprint density at radius 3 is 1.94 bits per heavy atom. The summed E-state index contributed by atoms with van der Waals surface area (Å²) in [6.45, 7) is 4.00. The largest absolute Gasteiger partial charge is 0.407 e. The maximum atomic E-state index is 12.7. The van der Waals surface area contributed by atoms with Crippen LogP contribution >= 0.6 is 0 Å². The number of halogens is 5. The van der Waals surface area contributed by atoms with Crippen LogP contribution in [0.2, 0.25) is 0 Å². The number of hydrogen-bond donors (Lipinski definition) is 1. The van der Waals surface area contributed by atoms with E-state index in [0.717, 1.165) is 13.1 Å². The van der Waals surface area contributed by atoms with Gasteiger partial charge in [0.2, 0.25) is 0 Å². The van der Waals surface area contributed by atoms with Crippen LogP contribution in [0, 0.1) is 11.6 Å². The first-order valence-electron chi connectivity index (χ1n) is 5.05. The van der Waals surface area contributed by atoms with E-state index in [2.05, 4.69) is 0 Å². The molecule has 0 fully saturated rings. The molecule has 1 nitrogen and oxygen atoms in total. The smallest absolute Gasteiger partial charge is 0.306 e. The fourth-order valence-corrected chi connectivity index (χ4v) is 1.21. The molecule has 0 bridgehead atoms. The lowest BCUT2D eigenvalue weighted by atomic mass is 10.1. The lowest BCUT2D eigenvalue weighted by molar-refractivity contribution is -0.156. The molecule has 0 amide bonds. The van der Waals surface area contributed by atoms with Crippen LogP contribution in [0.4, 0.5) is 22.0 Å². The van der Waals surface area contributed by atoms with Crippen LogP contribution in [0.3, 0.4) is 0 Å². The van der Waals surface area contributed by atoms with E-state index in [4.69, 9.17) is 0 Å². The van der Waals surface area contributed by atoms with Gasteiger partial charge >= 0.3 is 6.18 Å². The summed E-state index contributed by atoms with van der Waals surface area (Å²) in [5, 5.41) is 1.99. The molecule has 0 saturated heterocycles. The van der Waals surface area contributed by atoms with Gasteiger partial charge in [-0.05, 0) is 24.7 Å². The Labute approximate surface area is 96.6 Å². The van der Waals surface area contributed by atoms with E-state index in [1.54, 1.807) is 0 Å². The molecule has 0 heterocycles. The first-order chi connectivity index (χ1) is 7.86. The van der Waals surface area contributed by atoms with Crippen LogP contribution < -0.4 is 5.32 Å². The van der Waals surface area contributed by atoms with E-state index in [0.29, 0.717) is 12.1 Å². The molecular weight excluding hydrogens is 241 g/mol. The van der Waals surface area contributed by atoms with Gasteiger partial charge in [-0.25, -0.2) is 8.78 Å². The second-order valence-corrected chi connectivity index (χ2v) is 2.94. The predicted octanol–water partition coefficient (Wildman–Crippen LogP) is 3.81. The molecule has 1 atom stereocenters. The van der Waals surface area contributed by atoms with Gasteiger partial charge in [0.15, 0.2) is 11.6 Å². The predicted molar refractivity (Wildman–Crippen MR) is 55.6 cm³/mol. The summed E-state index contributed by atoms with van der Waals surface area (Å²) in [6.07, 6.45) is -4.54. The van der Waals surface area contributed by atoms with Gasteiger partial charge in [-0.1, -0.05) is 19.9 Å². The molecule has 0 saturated carbocycles. The second-order valence-electron chi connectivity index (χ2n) is 2.94. The Morgan fingerprint density at radius 2 is 1.59 bits per heavy atom.